The molecule has 0 spiro atoms. The zero-order chi connectivity index (χ0) is 14.4. The van der Waals surface area contributed by atoms with Crippen LogP contribution >= 0.6 is 12.4 Å². The van der Waals surface area contributed by atoms with Crippen molar-refractivity contribution in [3.05, 3.63) is 29.8 Å². The van der Waals surface area contributed by atoms with Gasteiger partial charge in [0.2, 0.25) is 5.91 Å². The zero-order valence-corrected chi connectivity index (χ0v) is 13.5. The van der Waals surface area contributed by atoms with E-state index in [4.69, 9.17) is 4.74 Å². The van der Waals surface area contributed by atoms with Crippen molar-refractivity contribution in [2.75, 3.05) is 13.1 Å². The molecular weight excluding hydrogens is 288 g/mol. The van der Waals surface area contributed by atoms with Crippen molar-refractivity contribution in [1.29, 1.82) is 0 Å². The number of hydrogen-bond donors (Lipinski definition) is 2. The molecule has 1 aliphatic heterocycles. The number of rotatable bonds is 6. The topological polar surface area (TPSA) is 50.4 Å². The molecule has 1 fully saturated rings. The van der Waals surface area contributed by atoms with E-state index in [9.17, 15) is 4.79 Å². The fraction of sp³-hybridized carbons (Fsp3) is 0.562. The van der Waals surface area contributed by atoms with Crippen LogP contribution in [0.5, 0.6) is 5.75 Å². The number of amides is 1. The molecule has 4 nitrogen and oxygen atoms in total. The van der Waals surface area contributed by atoms with E-state index >= 15 is 0 Å². The second kappa shape index (κ2) is 8.90. The maximum Gasteiger partial charge on any atom is 0.237 e. The highest BCUT2D eigenvalue weighted by atomic mass is 35.5. The van der Waals surface area contributed by atoms with Crippen LogP contribution in [0.1, 0.15) is 31.7 Å². The van der Waals surface area contributed by atoms with Gasteiger partial charge in [0.05, 0.1) is 12.6 Å². The number of hydrogen-bond acceptors (Lipinski definition) is 3. The minimum absolute atomic E-state index is 0. The predicted octanol–water partition coefficient (Wildman–Crippen LogP) is 2.44. The normalized spacial score (nSPS) is 18.7. The van der Waals surface area contributed by atoms with Crippen LogP contribution in [0.15, 0.2) is 24.3 Å². The maximum absolute atomic E-state index is 11.9. The molecule has 1 heterocycles. The maximum atomic E-state index is 11.9. The highest BCUT2D eigenvalue weighted by molar-refractivity contribution is 5.85. The molecule has 0 radical (unpaired) electrons. The summed E-state index contributed by atoms with van der Waals surface area (Å²) >= 11 is 0. The van der Waals surface area contributed by atoms with E-state index in [1.807, 2.05) is 31.2 Å². The lowest BCUT2D eigenvalue weighted by atomic mass is 10.2. The van der Waals surface area contributed by atoms with Crippen molar-refractivity contribution in [1.82, 2.24) is 10.6 Å². The summed E-state index contributed by atoms with van der Waals surface area (Å²) in [5, 5.41) is 6.19. The molecule has 0 aliphatic carbocycles. The Labute approximate surface area is 133 Å². The van der Waals surface area contributed by atoms with Crippen molar-refractivity contribution in [3.63, 3.8) is 0 Å². The van der Waals surface area contributed by atoms with Crippen LogP contribution in [0.2, 0.25) is 0 Å². The summed E-state index contributed by atoms with van der Waals surface area (Å²) in [7, 11) is 0. The smallest absolute Gasteiger partial charge is 0.237 e. The van der Waals surface area contributed by atoms with E-state index < -0.39 is 0 Å². The molecule has 2 N–H and O–H groups in total. The van der Waals surface area contributed by atoms with Crippen LogP contribution in [0.4, 0.5) is 0 Å². The first-order chi connectivity index (χ1) is 9.69. The first kappa shape index (κ1) is 17.8. The summed E-state index contributed by atoms with van der Waals surface area (Å²) in [6, 6.07) is 7.98. The third-order valence-electron chi connectivity index (χ3n) is 3.63. The van der Waals surface area contributed by atoms with Crippen molar-refractivity contribution >= 4 is 18.3 Å². The zero-order valence-electron chi connectivity index (χ0n) is 12.7. The molecule has 1 aromatic rings. The summed E-state index contributed by atoms with van der Waals surface area (Å²) in [5.41, 5.74) is 1.18. The van der Waals surface area contributed by atoms with Crippen LogP contribution in [-0.4, -0.2) is 31.1 Å². The van der Waals surface area contributed by atoms with Crippen LogP contribution in [0, 0.1) is 6.92 Å². The van der Waals surface area contributed by atoms with Gasteiger partial charge in [-0.1, -0.05) is 19.1 Å². The highest BCUT2D eigenvalue weighted by Gasteiger charge is 2.22. The molecule has 5 heteroatoms. The lowest BCUT2D eigenvalue weighted by Gasteiger charge is -2.19. The van der Waals surface area contributed by atoms with Gasteiger partial charge in [0.15, 0.2) is 0 Å². The second-order valence-electron chi connectivity index (χ2n) is 5.36. The van der Waals surface area contributed by atoms with E-state index in [1.54, 1.807) is 0 Å². The van der Waals surface area contributed by atoms with Crippen molar-refractivity contribution < 1.29 is 9.53 Å². The summed E-state index contributed by atoms with van der Waals surface area (Å²) in [5.74, 6) is 0.957. The fourth-order valence-electron chi connectivity index (χ4n) is 2.40. The first-order valence-electron chi connectivity index (χ1n) is 7.43. The summed E-state index contributed by atoms with van der Waals surface area (Å²) < 4.78 is 5.92. The summed E-state index contributed by atoms with van der Waals surface area (Å²) in [6.07, 6.45) is 2.89. The van der Waals surface area contributed by atoms with Gasteiger partial charge in [-0.3, -0.25) is 4.79 Å². The quantitative estimate of drug-likeness (QED) is 0.848. The summed E-state index contributed by atoms with van der Waals surface area (Å²) in [6.45, 7) is 5.61. The third-order valence-corrected chi connectivity index (χ3v) is 3.63. The molecule has 2 atom stereocenters. The molecule has 0 bridgehead atoms. The van der Waals surface area contributed by atoms with E-state index in [2.05, 4.69) is 17.6 Å². The highest BCUT2D eigenvalue weighted by Crippen LogP contribution is 2.15. The largest absolute Gasteiger partial charge is 0.489 e. The Bertz CT molecular complexity index is 448. The molecule has 0 aromatic heterocycles. The van der Waals surface area contributed by atoms with Gasteiger partial charge in [-0.25, -0.2) is 0 Å². The van der Waals surface area contributed by atoms with E-state index in [1.165, 1.54) is 5.56 Å². The lowest BCUT2D eigenvalue weighted by molar-refractivity contribution is -0.123. The molecule has 1 aromatic carbocycles. The molecular formula is C16H25ClN2O2. The van der Waals surface area contributed by atoms with Gasteiger partial charge in [0.1, 0.15) is 11.9 Å². The number of halogens is 1. The second-order valence-corrected chi connectivity index (χ2v) is 5.36. The number of benzene rings is 1. The van der Waals surface area contributed by atoms with Gasteiger partial charge >= 0.3 is 0 Å². The molecule has 1 aliphatic rings. The Morgan fingerprint density at radius 1 is 1.52 bits per heavy atom. The SMILES string of the molecule is CCC(CNC(=O)C1CCCN1)Oc1cccc(C)c1.Cl. The van der Waals surface area contributed by atoms with Crippen LogP contribution in [0.3, 0.4) is 0 Å². The molecule has 118 valence electrons. The van der Waals surface area contributed by atoms with Crippen LogP contribution in [0.25, 0.3) is 0 Å². The minimum Gasteiger partial charge on any atom is -0.489 e. The van der Waals surface area contributed by atoms with Crippen molar-refractivity contribution in [2.45, 2.75) is 45.3 Å². The third kappa shape index (κ3) is 5.56. The minimum atomic E-state index is -0.0218. The number of nitrogens with one attached hydrogen (secondary N) is 2. The average molecular weight is 313 g/mol. The van der Waals surface area contributed by atoms with Crippen molar-refractivity contribution in [3.8, 4) is 5.75 Å². The molecule has 21 heavy (non-hydrogen) atoms. The Hall–Kier alpha value is -1.26. The molecule has 2 unspecified atom stereocenters. The first-order valence-corrected chi connectivity index (χ1v) is 7.43. The average Bonchev–Trinajstić information content (AvgIpc) is 2.97. The number of aryl methyl sites for hydroxylation is 1. The van der Waals surface area contributed by atoms with E-state index in [-0.39, 0.29) is 30.5 Å². The standard InChI is InChI=1S/C16H24N2O2.ClH/c1-3-13(20-14-7-4-6-12(2)10-14)11-18-16(19)15-8-5-9-17-15;/h4,6-7,10,13,15,17H,3,5,8-9,11H2,1-2H3,(H,18,19);1H. The van der Waals surface area contributed by atoms with Gasteiger partial charge in [-0.05, 0) is 50.4 Å². The Morgan fingerprint density at radius 2 is 2.33 bits per heavy atom. The van der Waals surface area contributed by atoms with Gasteiger partial charge in [-0.2, -0.15) is 0 Å². The number of carbonyl (C=O) groups excluding carboxylic acids is 1. The summed E-state index contributed by atoms with van der Waals surface area (Å²) in [4.78, 5) is 11.9. The van der Waals surface area contributed by atoms with Gasteiger partial charge in [0, 0.05) is 0 Å². The number of carbonyl (C=O) groups is 1. The van der Waals surface area contributed by atoms with Gasteiger partial charge < -0.3 is 15.4 Å². The van der Waals surface area contributed by atoms with E-state index in [0.29, 0.717) is 6.54 Å². The van der Waals surface area contributed by atoms with Gasteiger partial charge in [-0.15, -0.1) is 12.4 Å². The van der Waals surface area contributed by atoms with Crippen LogP contribution < -0.4 is 15.4 Å². The Balaban J connectivity index is 0.00000220. The Morgan fingerprint density at radius 3 is 2.95 bits per heavy atom. The Kier molecular flexibility index (Phi) is 7.54. The predicted molar refractivity (Wildman–Crippen MR) is 87.2 cm³/mol. The number of ether oxygens (including phenoxy) is 1. The monoisotopic (exact) mass is 312 g/mol. The van der Waals surface area contributed by atoms with Crippen molar-refractivity contribution in [2.24, 2.45) is 0 Å². The van der Waals surface area contributed by atoms with Gasteiger partial charge in [0.25, 0.3) is 0 Å². The lowest BCUT2D eigenvalue weighted by Crippen LogP contribution is -2.44. The molecule has 0 saturated carbocycles. The molecule has 2 rings (SSSR count). The molecule has 1 amide bonds. The molecule has 1 saturated heterocycles. The fourth-order valence-corrected chi connectivity index (χ4v) is 2.40. The van der Waals surface area contributed by atoms with Crippen LogP contribution in [-0.2, 0) is 4.79 Å². The van der Waals surface area contributed by atoms with E-state index in [0.717, 1.165) is 31.6 Å².